The SMILES string of the molecule is CCC(C)NC(=O)c1ccc(Nc2ccc(N3CCC(C)CC3)cc2)nn1. The van der Waals surface area contributed by atoms with Gasteiger partial charge in [-0.3, -0.25) is 4.79 Å². The second-order valence-corrected chi connectivity index (χ2v) is 7.43. The number of benzene rings is 1. The highest BCUT2D eigenvalue weighted by Crippen LogP contribution is 2.25. The minimum absolute atomic E-state index is 0.124. The first-order valence-corrected chi connectivity index (χ1v) is 9.81. The molecule has 144 valence electrons. The highest BCUT2D eigenvalue weighted by atomic mass is 16.2. The molecule has 0 saturated carbocycles. The van der Waals surface area contributed by atoms with E-state index in [1.54, 1.807) is 12.1 Å². The van der Waals surface area contributed by atoms with Gasteiger partial charge in [0.2, 0.25) is 0 Å². The molecule has 1 atom stereocenters. The number of nitrogens with one attached hydrogen (secondary N) is 2. The monoisotopic (exact) mass is 367 g/mol. The lowest BCUT2D eigenvalue weighted by molar-refractivity contribution is 0.0933. The number of nitrogens with zero attached hydrogens (tertiary/aromatic N) is 3. The summed E-state index contributed by atoms with van der Waals surface area (Å²) in [6.45, 7) is 8.57. The van der Waals surface area contributed by atoms with Crippen LogP contribution in [0.3, 0.4) is 0 Å². The van der Waals surface area contributed by atoms with E-state index in [1.807, 2.05) is 13.8 Å². The van der Waals surface area contributed by atoms with Crippen molar-refractivity contribution in [3.63, 3.8) is 0 Å². The number of hydrogen-bond donors (Lipinski definition) is 2. The molecule has 0 aliphatic carbocycles. The van der Waals surface area contributed by atoms with Crippen LogP contribution in [0.25, 0.3) is 0 Å². The Balaban J connectivity index is 1.58. The molecule has 3 rings (SSSR count). The number of amides is 1. The van der Waals surface area contributed by atoms with Crippen molar-refractivity contribution in [1.29, 1.82) is 0 Å². The van der Waals surface area contributed by atoms with Crippen molar-refractivity contribution in [3.05, 3.63) is 42.1 Å². The molecule has 6 nitrogen and oxygen atoms in total. The minimum Gasteiger partial charge on any atom is -0.372 e. The van der Waals surface area contributed by atoms with Gasteiger partial charge in [-0.25, -0.2) is 0 Å². The van der Waals surface area contributed by atoms with Crippen molar-refractivity contribution in [2.45, 2.75) is 46.1 Å². The zero-order chi connectivity index (χ0) is 19.2. The Morgan fingerprint density at radius 2 is 1.85 bits per heavy atom. The quantitative estimate of drug-likeness (QED) is 0.808. The largest absolute Gasteiger partial charge is 0.372 e. The smallest absolute Gasteiger partial charge is 0.272 e. The number of carbonyl (C=O) groups is 1. The Bertz CT molecular complexity index is 736. The highest BCUT2D eigenvalue weighted by Gasteiger charge is 2.16. The van der Waals surface area contributed by atoms with Gasteiger partial charge in [0, 0.05) is 30.5 Å². The van der Waals surface area contributed by atoms with E-state index in [0.717, 1.165) is 31.1 Å². The van der Waals surface area contributed by atoms with Crippen LogP contribution in [0, 0.1) is 5.92 Å². The molecular formula is C21H29N5O. The van der Waals surface area contributed by atoms with Crippen LogP contribution < -0.4 is 15.5 Å². The Labute approximate surface area is 161 Å². The third-order valence-electron chi connectivity index (χ3n) is 5.18. The molecular weight excluding hydrogens is 338 g/mol. The van der Waals surface area contributed by atoms with Crippen LogP contribution in [0.5, 0.6) is 0 Å². The van der Waals surface area contributed by atoms with E-state index in [1.165, 1.54) is 18.5 Å². The summed E-state index contributed by atoms with van der Waals surface area (Å²) >= 11 is 0. The maximum absolute atomic E-state index is 12.1. The molecule has 6 heteroatoms. The van der Waals surface area contributed by atoms with Crippen molar-refractivity contribution in [3.8, 4) is 0 Å². The van der Waals surface area contributed by atoms with Crippen LogP contribution in [0.4, 0.5) is 17.2 Å². The molecule has 2 aromatic rings. The van der Waals surface area contributed by atoms with Crippen LogP contribution in [0.1, 0.15) is 50.5 Å². The predicted molar refractivity (Wildman–Crippen MR) is 110 cm³/mol. The van der Waals surface area contributed by atoms with Crippen LogP contribution in [-0.2, 0) is 0 Å². The van der Waals surface area contributed by atoms with Gasteiger partial charge in [0.1, 0.15) is 0 Å². The van der Waals surface area contributed by atoms with Gasteiger partial charge < -0.3 is 15.5 Å². The summed E-state index contributed by atoms with van der Waals surface area (Å²) in [5.74, 6) is 1.26. The van der Waals surface area contributed by atoms with Gasteiger partial charge in [-0.05, 0) is 68.5 Å². The van der Waals surface area contributed by atoms with Gasteiger partial charge >= 0.3 is 0 Å². The lowest BCUT2D eigenvalue weighted by Crippen LogP contribution is -2.32. The van der Waals surface area contributed by atoms with Crippen LogP contribution in [0.2, 0.25) is 0 Å². The lowest BCUT2D eigenvalue weighted by atomic mass is 9.99. The van der Waals surface area contributed by atoms with E-state index in [0.29, 0.717) is 11.5 Å². The lowest BCUT2D eigenvalue weighted by Gasteiger charge is -2.32. The van der Waals surface area contributed by atoms with E-state index in [4.69, 9.17) is 0 Å². The zero-order valence-electron chi connectivity index (χ0n) is 16.4. The molecule has 1 fully saturated rings. The standard InChI is InChI=1S/C21H29N5O/c1-4-16(3)22-21(27)19-9-10-20(25-24-19)23-17-5-7-18(8-6-17)26-13-11-15(2)12-14-26/h5-10,15-16H,4,11-14H2,1-3H3,(H,22,27)(H,23,25). The van der Waals surface area contributed by atoms with Gasteiger partial charge in [-0.15, -0.1) is 10.2 Å². The fourth-order valence-electron chi connectivity index (χ4n) is 3.09. The molecule has 2 N–H and O–H groups in total. The van der Waals surface area contributed by atoms with Crippen molar-refractivity contribution in [2.75, 3.05) is 23.3 Å². The summed E-state index contributed by atoms with van der Waals surface area (Å²) in [4.78, 5) is 14.5. The Hall–Kier alpha value is -2.63. The van der Waals surface area contributed by atoms with Crippen molar-refractivity contribution < 1.29 is 4.79 Å². The van der Waals surface area contributed by atoms with Gasteiger partial charge in [0.25, 0.3) is 5.91 Å². The number of aromatic nitrogens is 2. The number of carbonyl (C=O) groups excluding carboxylic acids is 1. The fourth-order valence-corrected chi connectivity index (χ4v) is 3.09. The second kappa shape index (κ2) is 8.84. The molecule has 2 heterocycles. The van der Waals surface area contributed by atoms with Gasteiger partial charge in [-0.2, -0.15) is 0 Å². The summed E-state index contributed by atoms with van der Waals surface area (Å²) in [6, 6.07) is 12.0. The molecule has 1 aliphatic heterocycles. The van der Waals surface area contributed by atoms with E-state index in [2.05, 4.69) is 56.9 Å². The molecule has 1 amide bonds. The van der Waals surface area contributed by atoms with E-state index in [-0.39, 0.29) is 11.9 Å². The Morgan fingerprint density at radius 3 is 2.44 bits per heavy atom. The molecule has 0 bridgehead atoms. The summed E-state index contributed by atoms with van der Waals surface area (Å²) in [6.07, 6.45) is 3.39. The number of anilines is 3. The van der Waals surface area contributed by atoms with Gasteiger partial charge in [0.05, 0.1) is 0 Å². The molecule has 1 aromatic carbocycles. The average Bonchev–Trinajstić information content (AvgIpc) is 2.69. The van der Waals surface area contributed by atoms with Crippen LogP contribution >= 0.6 is 0 Å². The second-order valence-electron chi connectivity index (χ2n) is 7.43. The predicted octanol–water partition coefficient (Wildman–Crippen LogP) is 3.98. The molecule has 0 radical (unpaired) electrons. The fraction of sp³-hybridized carbons (Fsp3) is 0.476. The zero-order valence-corrected chi connectivity index (χ0v) is 16.4. The summed E-state index contributed by atoms with van der Waals surface area (Å²) in [7, 11) is 0. The normalized spacial score (nSPS) is 16.0. The molecule has 1 aliphatic rings. The first-order chi connectivity index (χ1) is 13.0. The number of piperidine rings is 1. The summed E-state index contributed by atoms with van der Waals surface area (Å²) in [5.41, 5.74) is 2.54. The summed E-state index contributed by atoms with van der Waals surface area (Å²) in [5, 5.41) is 14.3. The van der Waals surface area contributed by atoms with E-state index >= 15 is 0 Å². The average molecular weight is 367 g/mol. The topological polar surface area (TPSA) is 70.2 Å². The van der Waals surface area contributed by atoms with Crippen LogP contribution in [0.15, 0.2) is 36.4 Å². The van der Waals surface area contributed by atoms with Gasteiger partial charge in [0.15, 0.2) is 11.5 Å². The molecule has 1 unspecified atom stereocenters. The first-order valence-electron chi connectivity index (χ1n) is 9.81. The van der Waals surface area contributed by atoms with Crippen molar-refractivity contribution in [2.24, 2.45) is 5.92 Å². The van der Waals surface area contributed by atoms with Crippen LogP contribution in [-0.4, -0.2) is 35.2 Å². The number of rotatable bonds is 6. The highest BCUT2D eigenvalue weighted by molar-refractivity contribution is 5.92. The first kappa shape index (κ1) is 19.1. The van der Waals surface area contributed by atoms with Crippen molar-refractivity contribution >= 4 is 23.1 Å². The van der Waals surface area contributed by atoms with Gasteiger partial charge in [-0.1, -0.05) is 13.8 Å². The third-order valence-corrected chi connectivity index (χ3v) is 5.18. The number of hydrogen-bond acceptors (Lipinski definition) is 5. The van der Waals surface area contributed by atoms with E-state index < -0.39 is 0 Å². The van der Waals surface area contributed by atoms with E-state index in [9.17, 15) is 4.79 Å². The van der Waals surface area contributed by atoms with Crippen molar-refractivity contribution in [1.82, 2.24) is 15.5 Å². The molecule has 1 saturated heterocycles. The molecule has 1 aromatic heterocycles. The minimum atomic E-state index is -0.191. The Kier molecular flexibility index (Phi) is 6.27. The summed E-state index contributed by atoms with van der Waals surface area (Å²) < 4.78 is 0. The molecule has 0 spiro atoms. The Morgan fingerprint density at radius 1 is 1.15 bits per heavy atom. The maximum Gasteiger partial charge on any atom is 0.272 e. The molecule has 27 heavy (non-hydrogen) atoms. The maximum atomic E-state index is 12.1. The third kappa shape index (κ3) is 5.18.